The average molecular weight is 366 g/mol. The first-order valence-electron chi connectivity index (χ1n) is 7.98. The zero-order valence-corrected chi connectivity index (χ0v) is 15.1. The predicted octanol–water partition coefficient (Wildman–Crippen LogP) is 4.29. The van der Waals surface area contributed by atoms with E-state index in [1.165, 1.54) is 0 Å². The van der Waals surface area contributed by atoms with Gasteiger partial charge in [0.25, 0.3) is 5.56 Å². The maximum Gasteiger partial charge on any atom is 0.267 e. The molecule has 0 radical (unpaired) electrons. The quantitative estimate of drug-likeness (QED) is 0.747. The lowest BCUT2D eigenvalue weighted by molar-refractivity contribution is 0.482. The van der Waals surface area contributed by atoms with E-state index in [4.69, 9.17) is 21.6 Å². The Morgan fingerprint density at radius 2 is 2.00 bits per heavy atom. The third-order valence-electron chi connectivity index (χ3n) is 3.83. The van der Waals surface area contributed by atoms with Crippen molar-refractivity contribution in [1.29, 1.82) is 5.26 Å². The van der Waals surface area contributed by atoms with Crippen molar-refractivity contribution in [2.45, 2.75) is 20.3 Å². The third-order valence-corrected chi connectivity index (χ3v) is 4.14. The van der Waals surface area contributed by atoms with Crippen molar-refractivity contribution >= 4 is 11.6 Å². The predicted molar refractivity (Wildman–Crippen MR) is 99.8 cm³/mol. The molecule has 0 spiro atoms. The first-order chi connectivity index (χ1) is 12.4. The normalized spacial score (nSPS) is 10.4. The summed E-state index contributed by atoms with van der Waals surface area (Å²) in [6.45, 7) is 3.64. The van der Waals surface area contributed by atoms with Crippen molar-refractivity contribution in [3.05, 3.63) is 85.8 Å². The van der Waals surface area contributed by atoms with Gasteiger partial charge in [0.1, 0.15) is 11.5 Å². The summed E-state index contributed by atoms with van der Waals surface area (Å²) in [5, 5.41) is 16.1. The summed E-state index contributed by atoms with van der Waals surface area (Å²) in [6.07, 6.45) is 0.530. The van der Waals surface area contributed by atoms with E-state index in [1.54, 1.807) is 31.2 Å². The Hall–Kier alpha value is -3.10. The van der Waals surface area contributed by atoms with E-state index in [2.05, 4.69) is 16.3 Å². The smallest absolute Gasteiger partial charge is 0.267 e. The molecule has 0 fully saturated rings. The van der Waals surface area contributed by atoms with Crippen LogP contribution >= 0.6 is 11.6 Å². The van der Waals surface area contributed by atoms with Crippen LogP contribution in [0.2, 0.25) is 5.02 Å². The molecule has 0 aliphatic rings. The van der Waals surface area contributed by atoms with Crippen molar-refractivity contribution in [3.8, 4) is 17.6 Å². The van der Waals surface area contributed by atoms with Gasteiger partial charge in [-0.25, -0.2) is 5.10 Å². The molecule has 1 aromatic heterocycles. The number of nitrogens with one attached hydrogen (secondary N) is 1. The second-order valence-corrected chi connectivity index (χ2v) is 6.47. The number of H-pyrrole nitrogens is 1. The first kappa shape index (κ1) is 17.7. The molecule has 5 nitrogen and oxygen atoms in total. The summed E-state index contributed by atoms with van der Waals surface area (Å²) in [6, 6.07) is 14.6. The molecule has 3 aromatic rings. The summed E-state index contributed by atoms with van der Waals surface area (Å²) >= 11 is 6.26. The molecule has 3 rings (SSSR count). The molecule has 26 heavy (non-hydrogen) atoms. The van der Waals surface area contributed by atoms with E-state index >= 15 is 0 Å². The monoisotopic (exact) mass is 365 g/mol. The van der Waals surface area contributed by atoms with Crippen LogP contribution in [0, 0.1) is 25.2 Å². The van der Waals surface area contributed by atoms with Gasteiger partial charge in [-0.1, -0.05) is 17.7 Å². The van der Waals surface area contributed by atoms with Gasteiger partial charge in [0.05, 0.1) is 22.3 Å². The van der Waals surface area contributed by atoms with Crippen LogP contribution in [0.3, 0.4) is 0 Å². The molecule has 130 valence electrons. The zero-order valence-electron chi connectivity index (χ0n) is 14.3. The fourth-order valence-electron chi connectivity index (χ4n) is 2.59. The summed E-state index contributed by atoms with van der Waals surface area (Å²) in [5.41, 5.74) is 3.57. The van der Waals surface area contributed by atoms with Gasteiger partial charge in [-0.05, 0) is 61.4 Å². The Morgan fingerprint density at radius 1 is 1.19 bits per heavy atom. The van der Waals surface area contributed by atoms with Crippen LogP contribution in [0.4, 0.5) is 0 Å². The minimum Gasteiger partial charge on any atom is -0.456 e. The Morgan fingerprint density at radius 3 is 2.73 bits per heavy atom. The van der Waals surface area contributed by atoms with Crippen LogP contribution in [0.25, 0.3) is 0 Å². The van der Waals surface area contributed by atoms with Crippen LogP contribution in [-0.2, 0) is 6.42 Å². The second kappa shape index (κ2) is 7.42. The topological polar surface area (TPSA) is 78.8 Å². The summed E-state index contributed by atoms with van der Waals surface area (Å²) in [4.78, 5) is 11.4. The van der Waals surface area contributed by atoms with Crippen molar-refractivity contribution in [3.63, 3.8) is 0 Å². The molecule has 0 bridgehead atoms. The zero-order chi connectivity index (χ0) is 18.7. The number of hydrogen-bond acceptors (Lipinski definition) is 4. The van der Waals surface area contributed by atoms with Gasteiger partial charge < -0.3 is 4.74 Å². The Balaban J connectivity index is 1.88. The summed E-state index contributed by atoms with van der Waals surface area (Å²) < 4.78 is 5.89. The number of halogens is 1. The number of aromatic nitrogens is 2. The van der Waals surface area contributed by atoms with E-state index in [-0.39, 0.29) is 5.56 Å². The number of rotatable bonds is 4. The van der Waals surface area contributed by atoms with Crippen LogP contribution < -0.4 is 10.3 Å². The first-order valence-corrected chi connectivity index (χ1v) is 8.35. The number of nitriles is 1. The standard InChI is InChI=1S/C20H16ClN3O2/c1-12-5-15(11-22)9-17(6-12)26-19-10-14(3-4-18(19)21)8-16-7-13(2)20(25)24-23-16/h3-7,9-10H,8H2,1-2H3,(H,24,25). The molecule has 1 N–H and O–H groups in total. The minimum absolute atomic E-state index is 0.193. The largest absolute Gasteiger partial charge is 0.456 e. The van der Waals surface area contributed by atoms with Crippen LogP contribution in [-0.4, -0.2) is 10.2 Å². The molecule has 0 atom stereocenters. The SMILES string of the molecule is Cc1cc(C#N)cc(Oc2cc(Cc3cc(C)c(=O)[nH]n3)ccc2Cl)c1. The third kappa shape index (κ3) is 4.11. The maximum absolute atomic E-state index is 11.4. The molecule has 2 aromatic carbocycles. The van der Waals surface area contributed by atoms with Crippen molar-refractivity contribution in [2.24, 2.45) is 0 Å². The number of ether oxygens (including phenoxy) is 1. The van der Waals surface area contributed by atoms with Gasteiger partial charge in [0, 0.05) is 12.0 Å². The van der Waals surface area contributed by atoms with E-state index in [0.717, 1.165) is 16.8 Å². The average Bonchev–Trinajstić information content (AvgIpc) is 2.60. The van der Waals surface area contributed by atoms with Gasteiger partial charge in [-0.15, -0.1) is 0 Å². The van der Waals surface area contributed by atoms with E-state index in [9.17, 15) is 4.79 Å². The number of nitrogens with zero attached hydrogens (tertiary/aromatic N) is 2. The highest BCUT2D eigenvalue weighted by Crippen LogP contribution is 2.31. The summed E-state index contributed by atoms with van der Waals surface area (Å²) in [5.74, 6) is 1.05. The minimum atomic E-state index is -0.193. The molecule has 6 heteroatoms. The Labute approximate surface area is 155 Å². The Bertz CT molecular complexity index is 1070. The van der Waals surface area contributed by atoms with Crippen molar-refractivity contribution < 1.29 is 4.74 Å². The summed E-state index contributed by atoms with van der Waals surface area (Å²) in [7, 11) is 0. The molecule has 0 unspecified atom stereocenters. The van der Waals surface area contributed by atoms with Gasteiger partial charge >= 0.3 is 0 Å². The number of aryl methyl sites for hydroxylation is 2. The van der Waals surface area contributed by atoms with Gasteiger partial charge in [-0.2, -0.15) is 10.4 Å². The van der Waals surface area contributed by atoms with Gasteiger partial charge in [-0.3, -0.25) is 4.79 Å². The fourth-order valence-corrected chi connectivity index (χ4v) is 2.75. The highest BCUT2D eigenvalue weighted by Gasteiger charge is 2.08. The van der Waals surface area contributed by atoms with Crippen molar-refractivity contribution in [2.75, 3.05) is 0 Å². The second-order valence-electron chi connectivity index (χ2n) is 6.06. The lowest BCUT2D eigenvalue weighted by Crippen LogP contribution is -2.12. The highest BCUT2D eigenvalue weighted by atomic mass is 35.5. The van der Waals surface area contributed by atoms with Crippen molar-refractivity contribution in [1.82, 2.24) is 10.2 Å². The lowest BCUT2D eigenvalue weighted by atomic mass is 10.1. The molecule has 1 heterocycles. The van der Waals surface area contributed by atoms with Crippen LogP contribution in [0.15, 0.2) is 47.3 Å². The number of aromatic amines is 1. The molecule has 0 saturated carbocycles. The molecule has 0 saturated heterocycles. The molecule has 0 aliphatic carbocycles. The number of benzene rings is 2. The van der Waals surface area contributed by atoms with Crippen LogP contribution in [0.1, 0.15) is 27.9 Å². The van der Waals surface area contributed by atoms with E-state index in [0.29, 0.717) is 34.1 Å². The number of hydrogen-bond donors (Lipinski definition) is 1. The van der Waals surface area contributed by atoms with E-state index < -0.39 is 0 Å². The maximum atomic E-state index is 11.4. The van der Waals surface area contributed by atoms with Gasteiger partial charge in [0.2, 0.25) is 0 Å². The fraction of sp³-hybridized carbons (Fsp3) is 0.150. The molecular weight excluding hydrogens is 350 g/mol. The molecular formula is C20H16ClN3O2. The molecule has 0 aliphatic heterocycles. The van der Waals surface area contributed by atoms with Crippen LogP contribution in [0.5, 0.6) is 11.5 Å². The van der Waals surface area contributed by atoms with Gasteiger partial charge in [0.15, 0.2) is 0 Å². The lowest BCUT2D eigenvalue weighted by Gasteiger charge is -2.11. The Kier molecular flexibility index (Phi) is 5.06. The molecule has 0 amide bonds. The van der Waals surface area contributed by atoms with E-state index in [1.807, 2.05) is 25.1 Å². The highest BCUT2D eigenvalue weighted by molar-refractivity contribution is 6.32.